The number of nitrogens with zero attached hydrogens (tertiary/aromatic N) is 3. The molecule has 102 valence electrons. The predicted molar refractivity (Wildman–Crippen MR) is 68.2 cm³/mol. The summed E-state index contributed by atoms with van der Waals surface area (Å²) in [6.07, 6.45) is 5.31. The van der Waals surface area contributed by atoms with Crippen molar-refractivity contribution < 1.29 is 9.84 Å². The maximum absolute atomic E-state index is 9.80. The number of methoxy groups -OCH3 is 1. The van der Waals surface area contributed by atoms with Gasteiger partial charge in [0, 0.05) is 13.0 Å². The molecule has 5 heteroatoms. The number of ether oxygens (including phenoxy) is 1. The molecule has 1 aliphatic carbocycles. The van der Waals surface area contributed by atoms with E-state index in [1.165, 1.54) is 25.7 Å². The van der Waals surface area contributed by atoms with Crippen LogP contribution < -0.4 is 0 Å². The van der Waals surface area contributed by atoms with Gasteiger partial charge in [-0.1, -0.05) is 19.8 Å². The third kappa shape index (κ3) is 3.09. The Morgan fingerprint density at radius 1 is 1.44 bits per heavy atom. The van der Waals surface area contributed by atoms with Gasteiger partial charge in [0.2, 0.25) is 0 Å². The zero-order chi connectivity index (χ0) is 13.0. The summed E-state index contributed by atoms with van der Waals surface area (Å²) < 4.78 is 6.98. The number of aromatic nitrogens is 3. The van der Waals surface area contributed by atoms with Crippen LogP contribution in [0.25, 0.3) is 0 Å². The van der Waals surface area contributed by atoms with Gasteiger partial charge in [-0.3, -0.25) is 0 Å². The Morgan fingerprint density at radius 3 is 2.78 bits per heavy atom. The van der Waals surface area contributed by atoms with Gasteiger partial charge in [0.25, 0.3) is 0 Å². The smallest absolute Gasteiger partial charge is 0.176 e. The van der Waals surface area contributed by atoms with Crippen LogP contribution in [0.4, 0.5) is 0 Å². The zero-order valence-corrected chi connectivity index (χ0v) is 11.3. The zero-order valence-electron chi connectivity index (χ0n) is 11.3. The van der Waals surface area contributed by atoms with Gasteiger partial charge in [-0.15, -0.1) is 0 Å². The van der Waals surface area contributed by atoms with Crippen molar-refractivity contribution in [1.29, 1.82) is 0 Å². The van der Waals surface area contributed by atoms with Crippen LogP contribution in [-0.4, -0.2) is 33.1 Å². The molecule has 0 amide bonds. The second-order valence-corrected chi connectivity index (χ2v) is 5.04. The van der Waals surface area contributed by atoms with Gasteiger partial charge in [0.1, 0.15) is 12.4 Å². The van der Waals surface area contributed by atoms with E-state index in [0.717, 1.165) is 18.1 Å². The summed E-state index contributed by atoms with van der Waals surface area (Å²) in [6.45, 7) is 2.96. The van der Waals surface area contributed by atoms with Gasteiger partial charge >= 0.3 is 0 Å². The van der Waals surface area contributed by atoms with E-state index in [2.05, 4.69) is 10.1 Å². The van der Waals surface area contributed by atoms with Gasteiger partial charge in [-0.05, 0) is 19.3 Å². The lowest BCUT2D eigenvalue weighted by Gasteiger charge is -2.13. The molecule has 0 bridgehead atoms. The Balaban J connectivity index is 2.17. The van der Waals surface area contributed by atoms with Crippen molar-refractivity contribution in [1.82, 2.24) is 14.8 Å². The minimum atomic E-state index is -0.345. The Morgan fingerprint density at radius 2 is 2.17 bits per heavy atom. The lowest BCUT2D eigenvalue weighted by molar-refractivity contribution is 0.141. The largest absolute Gasteiger partial charge is 0.391 e. The normalized spacial score (nSPS) is 18.4. The molecule has 1 fully saturated rings. The van der Waals surface area contributed by atoms with E-state index >= 15 is 0 Å². The van der Waals surface area contributed by atoms with Crippen molar-refractivity contribution in [3.05, 3.63) is 11.6 Å². The minimum absolute atomic E-state index is 0.345. The van der Waals surface area contributed by atoms with Crippen LogP contribution in [0, 0.1) is 0 Å². The van der Waals surface area contributed by atoms with E-state index in [-0.39, 0.29) is 6.10 Å². The fraction of sp³-hybridized carbons (Fsp3) is 0.846. The monoisotopic (exact) mass is 253 g/mol. The Hall–Kier alpha value is -0.940. The highest BCUT2D eigenvalue weighted by atomic mass is 16.5. The third-order valence-electron chi connectivity index (χ3n) is 3.59. The number of hydrogen-bond acceptors (Lipinski definition) is 4. The van der Waals surface area contributed by atoms with Crippen LogP contribution in [0.1, 0.15) is 56.6 Å². The van der Waals surface area contributed by atoms with Crippen molar-refractivity contribution in [2.45, 2.75) is 64.2 Å². The van der Waals surface area contributed by atoms with Crippen LogP contribution in [0.3, 0.4) is 0 Å². The maximum Gasteiger partial charge on any atom is 0.176 e. The molecule has 5 nitrogen and oxygen atoms in total. The predicted octanol–water partition coefficient (Wildman–Crippen LogP) is 1.85. The van der Waals surface area contributed by atoms with E-state index in [4.69, 9.17) is 4.74 Å². The molecular formula is C13H23N3O2. The van der Waals surface area contributed by atoms with Crippen molar-refractivity contribution >= 4 is 0 Å². The number of aliphatic hydroxyl groups excluding tert-OH is 1. The van der Waals surface area contributed by atoms with Crippen LogP contribution in [0.5, 0.6) is 0 Å². The van der Waals surface area contributed by atoms with E-state index in [9.17, 15) is 5.11 Å². The second kappa shape index (κ2) is 6.29. The van der Waals surface area contributed by atoms with E-state index in [1.807, 2.05) is 11.6 Å². The molecule has 1 aliphatic rings. The van der Waals surface area contributed by atoms with Crippen molar-refractivity contribution in [3.63, 3.8) is 0 Å². The van der Waals surface area contributed by atoms with Gasteiger partial charge < -0.3 is 9.84 Å². The summed E-state index contributed by atoms with van der Waals surface area (Å²) in [7, 11) is 1.65. The average molecular weight is 253 g/mol. The fourth-order valence-electron chi connectivity index (χ4n) is 2.54. The molecule has 0 spiro atoms. The lowest BCUT2D eigenvalue weighted by Crippen LogP contribution is -2.19. The SMILES string of the molecule is CCC(O)Cn1nc(COC)nc1C1CCCC1. The molecule has 1 atom stereocenters. The van der Waals surface area contributed by atoms with E-state index < -0.39 is 0 Å². The topological polar surface area (TPSA) is 60.2 Å². The summed E-state index contributed by atoms with van der Waals surface area (Å²) in [5.74, 6) is 2.27. The fourth-order valence-corrected chi connectivity index (χ4v) is 2.54. The molecule has 1 saturated carbocycles. The molecule has 18 heavy (non-hydrogen) atoms. The first-order valence-electron chi connectivity index (χ1n) is 6.85. The quantitative estimate of drug-likeness (QED) is 0.840. The first kappa shape index (κ1) is 13.5. The summed E-state index contributed by atoms with van der Waals surface area (Å²) in [5.41, 5.74) is 0. The van der Waals surface area contributed by atoms with Crippen molar-refractivity contribution in [3.8, 4) is 0 Å². The van der Waals surface area contributed by atoms with Crippen LogP contribution in [0.2, 0.25) is 0 Å². The van der Waals surface area contributed by atoms with Crippen LogP contribution >= 0.6 is 0 Å². The number of rotatable bonds is 6. The highest BCUT2D eigenvalue weighted by molar-refractivity contribution is 5.02. The number of hydrogen-bond donors (Lipinski definition) is 1. The molecular weight excluding hydrogens is 230 g/mol. The van der Waals surface area contributed by atoms with Gasteiger partial charge in [0.15, 0.2) is 5.82 Å². The summed E-state index contributed by atoms with van der Waals surface area (Å²) in [5, 5.41) is 14.3. The highest BCUT2D eigenvalue weighted by Crippen LogP contribution is 2.33. The summed E-state index contributed by atoms with van der Waals surface area (Å²) in [6, 6.07) is 0. The average Bonchev–Trinajstić information content (AvgIpc) is 2.98. The molecule has 1 aromatic heterocycles. The molecule has 0 radical (unpaired) electrons. The van der Waals surface area contributed by atoms with E-state index in [1.54, 1.807) is 7.11 Å². The van der Waals surface area contributed by atoms with Gasteiger partial charge in [0.05, 0.1) is 12.6 Å². The number of aliphatic hydroxyl groups is 1. The highest BCUT2D eigenvalue weighted by Gasteiger charge is 2.24. The Kier molecular flexibility index (Phi) is 4.72. The van der Waals surface area contributed by atoms with Crippen molar-refractivity contribution in [2.24, 2.45) is 0 Å². The first-order valence-corrected chi connectivity index (χ1v) is 6.85. The summed E-state index contributed by atoms with van der Waals surface area (Å²) >= 11 is 0. The second-order valence-electron chi connectivity index (χ2n) is 5.04. The van der Waals surface area contributed by atoms with Gasteiger partial charge in [-0.25, -0.2) is 9.67 Å². The Bertz CT molecular complexity index is 372. The Labute approximate surface area is 108 Å². The minimum Gasteiger partial charge on any atom is -0.391 e. The first-order chi connectivity index (χ1) is 8.74. The van der Waals surface area contributed by atoms with Crippen LogP contribution in [-0.2, 0) is 17.9 Å². The van der Waals surface area contributed by atoms with Gasteiger partial charge in [-0.2, -0.15) is 5.10 Å². The molecule has 2 rings (SSSR count). The molecule has 1 unspecified atom stereocenters. The van der Waals surface area contributed by atoms with Crippen molar-refractivity contribution in [2.75, 3.05) is 7.11 Å². The molecule has 1 aromatic rings. The summed E-state index contributed by atoms with van der Waals surface area (Å²) in [4.78, 5) is 4.59. The molecule has 0 saturated heterocycles. The van der Waals surface area contributed by atoms with Crippen LogP contribution in [0.15, 0.2) is 0 Å². The standard InChI is InChI=1S/C13H23N3O2/c1-3-11(17)8-16-13(10-6-4-5-7-10)14-12(15-16)9-18-2/h10-11,17H,3-9H2,1-2H3. The maximum atomic E-state index is 9.80. The lowest BCUT2D eigenvalue weighted by atomic mass is 10.1. The van der Waals surface area contributed by atoms with E-state index in [0.29, 0.717) is 19.1 Å². The molecule has 0 aliphatic heterocycles. The molecule has 1 N–H and O–H groups in total. The molecule has 1 heterocycles. The third-order valence-corrected chi connectivity index (χ3v) is 3.59. The molecule has 0 aromatic carbocycles.